The minimum atomic E-state index is -0.178. The quantitative estimate of drug-likeness (QED) is 0.897. The summed E-state index contributed by atoms with van der Waals surface area (Å²) < 4.78 is 15.2. The Morgan fingerprint density at radius 3 is 2.84 bits per heavy atom. The van der Waals surface area contributed by atoms with Gasteiger partial charge in [-0.15, -0.1) is 0 Å². The highest BCUT2D eigenvalue weighted by Gasteiger charge is 2.13. The van der Waals surface area contributed by atoms with Gasteiger partial charge in [0, 0.05) is 19.3 Å². The molecule has 0 fully saturated rings. The van der Waals surface area contributed by atoms with Crippen LogP contribution < -0.4 is 5.32 Å². The van der Waals surface area contributed by atoms with Gasteiger partial charge >= 0.3 is 0 Å². The van der Waals surface area contributed by atoms with Gasteiger partial charge in [0.15, 0.2) is 0 Å². The molecule has 2 aromatic rings. The summed E-state index contributed by atoms with van der Waals surface area (Å²) in [6.07, 6.45) is 5.75. The molecule has 102 valence electrons. The maximum Gasteiger partial charge on any atom is 0.123 e. The summed E-state index contributed by atoms with van der Waals surface area (Å²) >= 11 is 0. The fraction of sp³-hybridized carbons (Fsp3) is 0.400. The summed E-state index contributed by atoms with van der Waals surface area (Å²) in [5, 5.41) is 7.43. The Hall–Kier alpha value is -1.68. The highest BCUT2D eigenvalue weighted by molar-refractivity contribution is 5.29. The van der Waals surface area contributed by atoms with Crippen molar-refractivity contribution in [1.82, 2.24) is 15.1 Å². The Labute approximate surface area is 113 Å². The van der Waals surface area contributed by atoms with Crippen molar-refractivity contribution in [3.8, 4) is 0 Å². The summed E-state index contributed by atoms with van der Waals surface area (Å²) in [6, 6.07) is 5.13. The van der Waals surface area contributed by atoms with Crippen LogP contribution in [0, 0.1) is 12.7 Å². The van der Waals surface area contributed by atoms with Crippen molar-refractivity contribution in [2.24, 2.45) is 7.05 Å². The summed E-state index contributed by atoms with van der Waals surface area (Å²) in [5.41, 5.74) is 3.36. The van der Waals surface area contributed by atoms with Crippen LogP contribution in [0.1, 0.15) is 29.2 Å². The first-order valence-electron chi connectivity index (χ1n) is 6.51. The van der Waals surface area contributed by atoms with E-state index < -0.39 is 0 Å². The van der Waals surface area contributed by atoms with Crippen molar-refractivity contribution in [1.29, 1.82) is 0 Å². The van der Waals surface area contributed by atoms with Crippen molar-refractivity contribution in [2.75, 3.05) is 7.05 Å². The van der Waals surface area contributed by atoms with Crippen LogP contribution in [0.5, 0.6) is 0 Å². The van der Waals surface area contributed by atoms with Crippen LogP contribution in [-0.2, 0) is 13.5 Å². The van der Waals surface area contributed by atoms with E-state index in [1.807, 2.05) is 39.5 Å². The second-order valence-corrected chi connectivity index (χ2v) is 4.90. The van der Waals surface area contributed by atoms with E-state index in [2.05, 4.69) is 10.4 Å². The zero-order chi connectivity index (χ0) is 13.8. The van der Waals surface area contributed by atoms with E-state index >= 15 is 0 Å². The van der Waals surface area contributed by atoms with Gasteiger partial charge in [-0.2, -0.15) is 5.10 Å². The molecular formula is C15H20FN3. The van der Waals surface area contributed by atoms with Crippen LogP contribution in [0.3, 0.4) is 0 Å². The first-order chi connectivity index (χ1) is 9.10. The van der Waals surface area contributed by atoms with Crippen LogP contribution >= 0.6 is 0 Å². The summed E-state index contributed by atoms with van der Waals surface area (Å²) in [7, 11) is 3.83. The first-order valence-corrected chi connectivity index (χ1v) is 6.51. The predicted octanol–water partition coefficient (Wildman–Crippen LogP) is 2.76. The van der Waals surface area contributed by atoms with E-state index in [0.717, 1.165) is 24.0 Å². The molecule has 0 bridgehead atoms. The largest absolute Gasteiger partial charge is 0.313 e. The van der Waals surface area contributed by atoms with E-state index in [9.17, 15) is 4.39 Å². The lowest BCUT2D eigenvalue weighted by atomic mass is 9.96. The zero-order valence-electron chi connectivity index (χ0n) is 11.7. The lowest BCUT2D eigenvalue weighted by Gasteiger charge is -2.18. The Morgan fingerprint density at radius 2 is 2.21 bits per heavy atom. The lowest BCUT2D eigenvalue weighted by Crippen LogP contribution is -2.18. The zero-order valence-corrected chi connectivity index (χ0v) is 11.7. The Balaban J connectivity index is 2.09. The van der Waals surface area contributed by atoms with Gasteiger partial charge in [-0.25, -0.2) is 4.39 Å². The highest BCUT2D eigenvalue weighted by atomic mass is 19.1. The van der Waals surface area contributed by atoms with Crippen molar-refractivity contribution in [3.63, 3.8) is 0 Å². The van der Waals surface area contributed by atoms with Crippen molar-refractivity contribution < 1.29 is 4.39 Å². The number of nitrogens with zero attached hydrogens (tertiary/aromatic N) is 2. The lowest BCUT2D eigenvalue weighted by molar-refractivity contribution is 0.539. The molecular weight excluding hydrogens is 241 g/mol. The minimum absolute atomic E-state index is 0.163. The van der Waals surface area contributed by atoms with E-state index in [1.165, 1.54) is 11.6 Å². The van der Waals surface area contributed by atoms with Crippen LogP contribution in [0.15, 0.2) is 30.6 Å². The average Bonchev–Trinajstić information content (AvgIpc) is 2.80. The molecule has 1 heterocycles. The number of aromatic nitrogens is 2. The smallest absolute Gasteiger partial charge is 0.123 e. The molecule has 0 spiro atoms. The highest BCUT2D eigenvalue weighted by Crippen LogP contribution is 2.23. The topological polar surface area (TPSA) is 29.9 Å². The molecule has 0 saturated heterocycles. The van der Waals surface area contributed by atoms with Crippen molar-refractivity contribution in [2.45, 2.75) is 25.8 Å². The molecule has 0 amide bonds. The molecule has 3 nitrogen and oxygen atoms in total. The van der Waals surface area contributed by atoms with Crippen molar-refractivity contribution in [3.05, 3.63) is 53.1 Å². The van der Waals surface area contributed by atoms with Gasteiger partial charge in [-0.05, 0) is 55.6 Å². The number of nitrogens with one attached hydrogen (secondary N) is 1. The second-order valence-electron chi connectivity index (χ2n) is 4.90. The monoisotopic (exact) mass is 261 g/mol. The average molecular weight is 261 g/mol. The first kappa shape index (κ1) is 13.7. The van der Waals surface area contributed by atoms with Crippen LogP contribution in [-0.4, -0.2) is 16.8 Å². The molecule has 0 aliphatic rings. The number of hydrogen-bond donors (Lipinski definition) is 1. The number of halogens is 1. The van der Waals surface area contributed by atoms with Crippen LogP contribution in [0.2, 0.25) is 0 Å². The second kappa shape index (κ2) is 5.97. The maximum atomic E-state index is 13.4. The molecule has 19 heavy (non-hydrogen) atoms. The van der Waals surface area contributed by atoms with E-state index in [0.29, 0.717) is 0 Å². The third kappa shape index (κ3) is 3.41. The van der Waals surface area contributed by atoms with Gasteiger partial charge in [0.25, 0.3) is 0 Å². The molecule has 1 N–H and O–H groups in total. The van der Waals surface area contributed by atoms with Gasteiger partial charge in [0.1, 0.15) is 5.82 Å². The molecule has 0 aliphatic heterocycles. The Morgan fingerprint density at radius 1 is 1.42 bits per heavy atom. The summed E-state index contributed by atoms with van der Waals surface area (Å²) in [6.45, 7) is 2.02. The molecule has 0 saturated carbocycles. The van der Waals surface area contributed by atoms with E-state index in [1.54, 1.807) is 10.7 Å². The molecule has 2 rings (SSSR count). The molecule has 1 aromatic carbocycles. The minimum Gasteiger partial charge on any atom is -0.313 e. The molecule has 0 radical (unpaired) electrons. The summed E-state index contributed by atoms with van der Waals surface area (Å²) in [4.78, 5) is 0. The molecule has 1 aromatic heterocycles. The summed E-state index contributed by atoms with van der Waals surface area (Å²) in [5.74, 6) is -0.178. The number of benzene rings is 1. The third-order valence-electron chi connectivity index (χ3n) is 3.45. The molecule has 0 aliphatic carbocycles. The van der Waals surface area contributed by atoms with Gasteiger partial charge in [-0.1, -0.05) is 6.07 Å². The van der Waals surface area contributed by atoms with Gasteiger partial charge in [-0.3, -0.25) is 4.68 Å². The van der Waals surface area contributed by atoms with Crippen molar-refractivity contribution >= 4 is 0 Å². The Bertz CT molecular complexity index is 548. The van der Waals surface area contributed by atoms with Gasteiger partial charge in [0.05, 0.1) is 6.20 Å². The molecule has 1 unspecified atom stereocenters. The predicted molar refractivity (Wildman–Crippen MR) is 74.5 cm³/mol. The molecule has 1 atom stereocenters. The number of rotatable bonds is 5. The van der Waals surface area contributed by atoms with Crippen LogP contribution in [0.4, 0.5) is 4.39 Å². The number of hydrogen-bond acceptors (Lipinski definition) is 2. The fourth-order valence-electron chi connectivity index (χ4n) is 2.35. The normalized spacial score (nSPS) is 12.6. The Kier molecular flexibility index (Phi) is 4.32. The third-order valence-corrected chi connectivity index (χ3v) is 3.45. The molecule has 4 heteroatoms. The fourth-order valence-corrected chi connectivity index (χ4v) is 2.35. The van der Waals surface area contributed by atoms with E-state index in [4.69, 9.17) is 0 Å². The standard InChI is InChI=1S/C15H20FN3/c1-11-4-6-13(16)8-14(11)15(17-2)7-5-12-9-18-19(3)10-12/h4,6,8-10,15,17H,5,7H2,1-3H3. The number of aryl methyl sites for hydroxylation is 3. The van der Waals surface area contributed by atoms with Crippen LogP contribution in [0.25, 0.3) is 0 Å². The van der Waals surface area contributed by atoms with Gasteiger partial charge < -0.3 is 5.32 Å². The van der Waals surface area contributed by atoms with Gasteiger partial charge in [0.2, 0.25) is 0 Å². The van der Waals surface area contributed by atoms with E-state index in [-0.39, 0.29) is 11.9 Å². The SMILES string of the molecule is CNC(CCc1cnn(C)c1)c1cc(F)ccc1C. The maximum absolute atomic E-state index is 13.4.